The monoisotopic (exact) mass is 298 g/mol. The van der Waals surface area contributed by atoms with Gasteiger partial charge in [-0.1, -0.05) is 25.4 Å². The lowest BCUT2D eigenvalue weighted by atomic mass is 9.95. The highest BCUT2D eigenvalue weighted by atomic mass is 35.5. The number of nitrogens with zero attached hydrogens (tertiary/aromatic N) is 1. The molecule has 2 rings (SSSR count). The molecule has 20 heavy (non-hydrogen) atoms. The first-order valence-corrected chi connectivity index (χ1v) is 7.17. The van der Waals surface area contributed by atoms with E-state index in [1.165, 1.54) is 12.1 Å². The summed E-state index contributed by atoms with van der Waals surface area (Å²) >= 11 is 5.93. The van der Waals surface area contributed by atoms with Crippen LogP contribution >= 0.6 is 11.6 Å². The minimum absolute atomic E-state index is 0.0574. The van der Waals surface area contributed by atoms with Gasteiger partial charge in [0.15, 0.2) is 0 Å². The Balaban J connectivity index is 2.13. The van der Waals surface area contributed by atoms with Gasteiger partial charge in [0.2, 0.25) is 0 Å². The van der Waals surface area contributed by atoms with E-state index < -0.39 is 4.92 Å². The van der Waals surface area contributed by atoms with Crippen LogP contribution in [-0.4, -0.2) is 23.7 Å². The normalized spacial score (nSPS) is 22.8. The van der Waals surface area contributed by atoms with Crippen molar-refractivity contribution in [2.24, 2.45) is 5.92 Å². The fourth-order valence-corrected chi connectivity index (χ4v) is 2.60. The fourth-order valence-electron chi connectivity index (χ4n) is 2.43. The van der Waals surface area contributed by atoms with E-state index in [1.807, 2.05) is 0 Å². The van der Waals surface area contributed by atoms with Crippen molar-refractivity contribution in [2.45, 2.75) is 38.8 Å². The molecular formula is C14H19ClN2O3. The average molecular weight is 299 g/mol. The smallest absolute Gasteiger partial charge is 0.292 e. The van der Waals surface area contributed by atoms with Gasteiger partial charge in [-0.25, -0.2) is 0 Å². The van der Waals surface area contributed by atoms with E-state index >= 15 is 0 Å². The van der Waals surface area contributed by atoms with Crippen LogP contribution in [-0.2, 0) is 4.74 Å². The lowest BCUT2D eigenvalue weighted by molar-refractivity contribution is -0.384. The van der Waals surface area contributed by atoms with Gasteiger partial charge in [-0.3, -0.25) is 10.1 Å². The van der Waals surface area contributed by atoms with E-state index in [1.54, 1.807) is 6.07 Å². The van der Waals surface area contributed by atoms with E-state index in [4.69, 9.17) is 16.3 Å². The fraction of sp³-hybridized carbons (Fsp3) is 0.571. The topological polar surface area (TPSA) is 64.4 Å². The van der Waals surface area contributed by atoms with E-state index in [-0.39, 0.29) is 17.8 Å². The zero-order valence-corrected chi connectivity index (χ0v) is 12.4. The van der Waals surface area contributed by atoms with Gasteiger partial charge in [-0.15, -0.1) is 0 Å². The highest BCUT2D eigenvalue weighted by Crippen LogP contribution is 2.30. The zero-order chi connectivity index (χ0) is 14.7. The summed E-state index contributed by atoms with van der Waals surface area (Å²) in [6.07, 6.45) is 1.88. The third kappa shape index (κ3) is 3.61. The second kappa shape index (κ2) is 6.41. The second-order valence-corrected chi connectivity index (χ2v) is 5.87. The number of nitro groups is 1. The minimum Gasteiger partial charge on any atom is -0.378 e. The van der Waals surface area contributed by atoms with Gasteiger partial charge in [-0.2, -0.15) is 0 Å². The number of anilines is 1. The molecule has 1 heterocycles. The number of nitro benzene ring substituents is 1. The molecule has 1 aromatic carbocycles. The van der Waals surface area contributed by atoms with Gasteiger partial charge < -0.3 is 10.1 Å². The molecule has 0 bridgehead atoms. The summed E-state index contributed by atoms with van der Waals surface area (Å²) in [6.45, 7) is 4.92. The summed E-state index contributed by atoms with van der Waals surface area (Å²) in [7, 11) is 0. The van der Waals surface area contributed by atoms with Gasteiger partial charge in [0.25, 0.3) is 5.69 Å². The first kappa shape index (κ1) is 15.1. The molecule has 0 saturated carbocycles. The molecule has 0 aliphatic carbocycles. The predicted octanol–water partition coefficient (Wildman–Crippen LogP) is 3.86. The Hall–Kier alpha value is -1.33. The summed E-state index contributed by atoms with van der Waals surface area (Å²) in [5.41, 5.74) is 0.541. The van der Waals surface area contributed by atoms with Crippen molar-refractivity contribution in [1.29, 1.82) is 0 Å². The van der Waals surface area contributed by atoms with E-state index in [0.29, 0.717) is 23.2 Å². The zero-order valence-electron chi connectivity index (χ0n) is 11.6. The molecule has 5 nitrogen and oxygen atoms in total. The van der Waals surface area contributed by atoms with Crippen molar-refractivity contribution >= 4 is 23.0 Å². The van der Waals surface area contributed by atoms with Gasteiger partial charge in [0.1, 0.15) is 5.69 Å². The lowest BCUT2D eigenvalue weighted by Gasteiger charge is -2.32. The molecule has 0 aromatic heterocycles. The summed E-state index contributed by atoms with van der Waals surface area (Å²) in [5, 5.41) is 14.8. The van der Waals surface area contributed by atoms with Crippen LogP contribution < -0.4 is 5.32 Å². The quantitative estimate of drug-likeness (QED) is 0.677. The van der Waals surface area contributed by atoms with Crippen molar-refractivity contribution < 1.29 is 9.66 Å². The highest BCUT2D eigenvalue weighted by Gasteiger charge is 2.26. The maximum atomic E-state index is 11.0. The molecule has 0 radical (unpaired) electrons. The average Bonchev–Trinajstić information content (AvgIpc) is 2.38. The Labute approximate surface area is 123 Å². The van der Waals surface area contributed by atoms with Crippen LogP contribution in [0.3, 0.4) is 0 Å². The molecule has 1 aliphatic rings. The number of rotatable bonds is 4. The Morgan fingerprint density at radius 1 is 1.50 bits per heavy atom. The summed E-state index contributed by atoms with van der Waals surface area (Å²) in [4.78, 5) is 10.7. The molecule has 2 unspecified atom stereocenters. The maximum Gasteiger partial charge on any atom is 0.292 e. The third-order valence-electron chi connectivity index (χ3n) is 3.57. The Bertz CT molecular complexity index is 493. The molecule has 2 atom stereocenters. The van der Waals surface area contributed by atoms with Gasteiger partial charge >= 0.3 is 0 Å². The molecule has 110 valence electrons. The first-order valence-electron chi connectivity index (χ1n) is 6.79. The van der Waals surface area contributed by atoms with Crippen LogP contribution in [0.15, 0.2) is 18.2 Å². The number of halogens is 1. The number of nitrogens with one attached hydrogen (secondary N) is 1. The Morgan fingerprint density at radius 2 is 2.25 bits per heavy atom. The van der Waals surface area contributed by atoms with Crippen LogP contribution in [0.4, 0.5) is 11.4 Å². The Kier molecular flexibility index (Phi) is 4.83. The van der Waals surface area contributed by atoms with Gasteiger partial charge in [0, 0.05) is 23.7 Å². The number of hydrogen-bond acceptors (Lipinski definition) is 4. The molecule has 1 fully saturated rings. The van der Waals surface area contributed by atoms with Crippen molar-refractivity contribution in [1.82, 2.24) is 0 Å². The lowest BCUT2D eigenvalue weighted by Crippen LogP contribution is -2.36. The summed E-state index contributed by atoms with van der Waals surface area (Å²) < 4.78 is 5.71. The number of hydrogen-bond donors (Lipinski definition) is 1. The van der Waals surface area contributed by atoms with Crippen molar-refractivity contribution in [3.63, 3.8) is 0 Å². The molecule has 0 amide bonds. The SMILES string of the molecule is CC(C)C1CC(Nc2cc(Cl)ccc2[N+](=O)[O-])CCO1. The van der Waals surface area contributed by atoms with Gasteiger partial charge in [-0.05, 0) is 30.9 Å². The van der Waals surface area contributed by atoms with E-state index in [9.17, 15) is 10.1 Å². The van der Waals surface area contributed by atoms with Crippen molar-refractivity contribution in [3.05, 3.63) is 33.3 Å². The predicted molar refractivity (Wildman–Crippen MR) is 79.3 cm³/mol. The van der Waals surface area contributed by atoms with E-state index in [0.717, 1.165) is 12.8 Å². The number of ether oxygens (including phenoxy) is 1. The molecule has 1 N–H and O–H groups in total. The molecular weight excluding hydrogens is 280 g/mol. The summed E-state index contributed by atoms with van der Waals surface area (Å²) in [6, 6.07) is 4.75. The molecule has 1 saturated heterocycles. The van der Waals surface area contributed by atoms with Crippen molar-refractivity contribution in [3.8, 4) is 0 Å². The molecule has 1 aromatic rings. The van der Waals surface area contributed by atoms with Crippen molar-refractivity contribution in [2.75, 3.05) is 11.9 Å². The molecule has 1 aliphatic heterocycles. The maximum absolute atomic E-state index is 11.0. The van der Waals surface area contributed by atoms with Gasteiger partial charge in [0.05, 0.1) is 11.0 Å². The second-order valence-electron chi connectivity index (χ2n) is 5.44. The third-order valence-corrected chi connectivity index (χ3v) is 3.81. The largest absolute Gasteiger partial charge is 0.378 e. The summed E-state index contributed by atoms with van der Waals surface area (Å²) in [5.74, 6) is 0.439. The number of benzene rings is 1. The molecule has 6 heteroatoms. The highest BCUT2D eigenvalue weighted by molar-refractivity contribution is 6.31. The van der Waals surface area contributed by atoms with Crippen LogP contribution in [0, 0.1) is 16.0 Å². The first-order chi connectivity index (χ1) is 9.47. The van der Waals surface area contributed by atoms with Crippen LogP contribution in [0.2, 0.25) is 5.02 Å². The van der Waals surface area contributed by atoms with Crippen LogP contribution in [0.5, 0.6) is 0 Å². The van der Waals surface area contributed by atoms with Crippen LogP contribution in [0.25, 0.3) is 0 Å². The molecule has 0 spiro atoms. The minimum atomic E-state index is -0.391. The Morgan fingerprint density at radius 3 is 2.90 bits per heavy atom. The van der Waals surface area contributed by atoms with E-state index in [2.05, 4.69) is 19.2 Å². The van der Waals surface area contributed by atoms with Crippen LogP contribution in [0.1, 0.15) is 26.7 Å². The standard InChI is InChI=1S/C14H19ClN2O3/c1-9(2)14-8-11(5-6-20-14)16-12-7-10(15)3-4-13(12)17(18)19/h3-4,7,9,11,14,16H,5-6,8H2,1-2H3.